The van der Waals surface area contributed by atoms with Gasteiger partial charge in [0.2, 0.25) is 0 Å². The van der Waals surface area contributed by atoms with Gasteiger partial charge in [-0.05, 0) is 40.3 Å². The summed E-state index contributed by atoms with van der Waals surface area (Å²) in [5.41, 5.74) is 6.53. The van der Waals surface area contributed by atoms with Crippen molar-refractivity contribution >= 4 is 0 Å². The van der Waals surface area contributed by atoms with Crippen molar-refractivity contribution in [3.05, 3.63) is 84.4 Å². The van der Waals surface area contributed by atoms with Crippen LogP contribution in [0, 0.1) is 0 Å². The van der Waals surface area contributed by atoms with E-state index >= 15 is 0 Å². The fourth-order valence-electron chi connectivity index (χ4n) is 2.49. The van der Waals surface area contributed by atoms with Crippen molar-refractivity contribution < 1.29 is 0 Å². The predicted molar refractivity (Wildman–Crippen MR) is 86.7 cm³/mol. The zero-order valence-electron chi connectivity index (χ0n) is 11.7. The van der Waals surface area contributed by atoms with Gasteiger partial charge < -0.3 is 0 Å². The molecule has 3 aromatic carbocycles. The predicted octanol–water partition coefficient (Wildman–Crippen LogP) is 5.58. The molecular formula is C20H18. The third-order valence-electron chi connectivity index (χ3n) is 3.62. The van der Waals surface area contributed by atoms with Crippen LogP contribution in [-0.2, 0) is 6.42 Å². The average Bonchev–Trinajstić information content (AvgIpc) is 2.56. The van der Waals surface area contributed by atoms with Crippen LogP contribution in [0.4, 0.5) is 0 Å². The lowest BCUT2D eigenvalue weighted by Gasteiger charge is -2.09. The van der Waals surface area contributed by atoms with E-state index < -0.39 is 0 Å². The Kier molecular flexibility index (Phi) is 3.64. The Morgan fingerprint density at radius 1 is 0.550 bits per heavy atom. The van der Waals surface area contributed by atoms with Gasteiger partial charge in [0.05, 0.1) is 0 Å². The number of benzene rings is 3. The highest BCUT2D eigenvalue weighted by Gasteiger charge is 2.04. The van der Waals surface area contributed by atoms with E-state index in [2.05, 4.69) is 85.8 Å². The summed E-state index contributed by atoms with van der Waals surface area (Å²) in [5, 5.41) is 0. The lowest BCUT2D eigenvalue weighted by molar-refractivity contribution is 1.14. The molecule has 0 unspecified atom stereocenters. The second-order valence-corrected chi connectivity index (χ2v) is 5.00. The van der Waals surface area contributed by atoms with E-state index in [9.17, 15) is 0 Å². The molecule has 0 radical (unpaired) electrons. The Morgan fingerprint density at radius 2 is 1.00 bits per heavy atom. The molecule has 0 nitrogen and oxygen atoms in total. The minimum absolute atomic E-state index is 1.06. The zero-order valence-corrected chi connectivity index (χ0v) is 11.7. The molecule has 0 N–H and O–H groups in total. The molecule has 0 aliphatic carbocycles. The molecule has 0 saturated heterocycles. The van der Waals surface area contributed by atoms with Crippen LogP contribution >= 0.6 is 0 Å². The Balaban J connectivity index is 2.13. The summed E-state index contributed by atoms with van der Waals surface area (Å²) in [6.45, 7) is 2.21. The standard InChI is InChI=1S/C20H18/c1-2-16-13-19(17-9-5-3-6-10-17)15-20(14-16)18-11-7-4-8-12-18/h3-15H,2H2,1H3. The van der Waals surface area contributed by atoms with Crippen molar-refractivity contribution in [1.82, 2.24) is 0 Å². The molecule has 0 aromatic heterocycles. The number of hydrogen-bond donors (Lipinski definition) is 0. The van der Waals surface area contributed by atoms with Crippen molar-refractivity contribution in [2.75, 3.05) is 0 Å². The first-order valence-corrected chi connectivity index (χ1v) is 7.11. The quantitative estimate of drug-likeness (QED) is 0.575. The molecule has 0 aliphatic rings. The summed E-state index contributed by atoms with van der Waals surface area (Å²) >= 11 is 0. The van der Waals surface area contributed by atoms with Crippen LogP contribution in [0.5, 0.6) is 0 Å². The lowest BCUT2D eigenvalue weighted by Crippen LogP contribution is -1.87. The van der Waals surface area contributed by atoms with Crippen molar-refractivity contribution in [3.63, 3.8) is 0 Å². The summed E-state index contributed by atoms with van der Waals surface area (Å²) in [6.07, 6.45) is 1.06. The normalized spacial score (nSPS) is 10.4. The van der Waals surface area contributed by atoms with E-state index in [1.807, 2.05) is 0 Å². The third-order valence-corrected chi connectivity index (χ3v) is 3.62. The molecule has 0 atom stereocenters. The summed E-state index contributed by atoms with van der Waals surface area (Å²) in [5.74, 6) is 0. The number of aryl methyl sites for hydroxylation is 1. The maximum absolute atomic E-state index is 2.29. The van der Waals surface area contributed by atoms with Gasteiger partial charge in [-0.1, -0.05) is 79.7 Å². The van der Waals surface area contributed by atoms with E-state index in [-0.39, 0.29) is 0 Å². The van der Waals surface area contributed by atoms with Gasteiger partial charge in [0.15, 0.2) is 0 Å². The summed E-state index contributed by atoms with van der Waals surface area (Å²) in [4.78, 5) is 0. The minimum Gasteiger partial charge on any atom is -0.0622 e. The zero-order chi connectivity index (χ0) is 13.8. The first-order chi connectivity index (χ1) is 9.86. The van der Waals surface area contributed by atoms with Gasteiger partial charge in [0.25, 0.3) is 0 Å². The van der Waals surface area contributed by atoms with E-state index in [4.69, 9.17) is 0 Å². The molecule has 0 heterocycles. The second-order valence-electron chi connectivity index (χ2n) is 5.00. The van der Waals surface area contributed by atoms with Crippen molar-refractivity contribution in [1.29, 1.82) is 0 Å². The van der Waals surface area contributed by atoms with Gasteiger partial charge in [0, 0.05) is 0 Å². The Bertz CT molecular complexity index is 624. The molecule has 0 heteroatoms. The maximum Gasteiger partial charge on any atom is -0.0175 e. The number of hydrogen-bond acceptors (Lipinski definition) is 0. The van der Waals surface area contributed by atoms with Gasteiger partial charge in [-0.15, -0.1) is 0 Å². The molecule has 0 amide bonds. The van der Waals surface area contributed by atoms with Gasteiger partial charge >= 0.3 is 0 Å². The highest BCUT2D eigenvalue weighted by atomic mass is 14.1. The SMILES string of the molecule is CCc1cc(-c2ccccc2)cc(-c2ccccc2)c1. The van der Waals surface area contributed by atoms with Crippen LogP contribution in [0.15, 0.2) is 78.9 Å². The van der Waals surface area contributed by atoms with Crippen molar-refractivity contribution in [2.24, 2.45) is 0 Å². The summed E-state index contributed by atoms with van der Waals surface area (Å²) < 4.78 is 0. The van der Waals surface area contributed by atoms with Crippen LogP contribution in [-0.4, -0.2) is 0 Å². The summed E-state index contributed by atoms with van der Waals surface area (Å²) in [6, 6.07) is 28.0. The van der Waals surface area contributed by atoms with E-state index in [1.54, 1.807) is 0 Å². The molecule has 0 bridgehead atoms. The topological polar surface area (TPSA) is 0 Å². The molecule has 20 heavy (non-hydrogen) atoms. The van der Waals surface area contributed by atoms with Crippen LogP contribution < -0.4 is 0 Å². The fraction of sp³-hybridized carbons (Fsp3) is 0.100. The molecule has 98 valence electrons. The Morgan fingerprint density at radius 3 is 1.40 bits per heavy atom. The first kappa shape index (κ1) is 12.7. The smallest absolute Gasteiger partial charge is 0.0175 e. The second kappa shape index (κ2) is 5.75. The Hall–Kier alpha value is -2.34. The maximum atomic E-state index is 2.29. The van der Waals surface area contributed by atoms with E-state index in [1.165, 1.54) is 27.8 Å². The third kappa shape index (κ3) is 2.65. The highest BCUT2D eigenvalue weighted by molar-refractivity contribution is 5.74. The van der Waals surface area contributed by atoms with Crippen molar-refractivity contribution in [2.45, 2.75) is 13.3 Å². The minimum atomic E-state index is 1.06. The van der Waals surface area contributed by atoms with Gasteiger partial charge in [0.1, 0.15) is 0 Å². The molecular weight excluding hydrogens is 240 g/mol. The molecule has 0 saturated carbocycles. The Labute approximate surface area is 120 Å². The van der Waals surface area contributed by atoms with Gasteiger partial charge in [-0.2, -0.15) is 0 Å². The van der Waals surface area contributed by atoms with Crippen LogP contribution in [0.25, 0.3) is 22.3 Å². The largest absolute Gasteiger partial charge is 0.0622 e. The highest BCUT2D eigenvalue weighted by Crippen LogP contribution is 2.28. The van der Waals surface area contributed by atoms with Crippen LogP contribution in [0.3, 0.4) is 0 Å². The van der Waals surface area contributed by atoms with Crippen LogP contribution in [0.1, 0.15) is 12.5 Å². The molecule has 3 rings (SSSR count). The van der Waals surface area contributed by atoms with E-state index in [0.717, 1.165) is 6.42 Å². The average molecular weight is 258 g/mol. The van der Waals surface area contributed by atoms with Gasteiger partial charge in [-0.25, -0.2) is 0 Å². The summed E-state index contributed by atoms with van der Waals surface area (Å²) in [7, 11) is 0. The lowest BCUT2D eigenvalue weighted by atomic mass is 9.95. The molecule has 0 aliphatic heterocycles. The van der Waals surface area contributed by atoms with Crippen LogP contribution in [0.2, 0.25) is 0 Å². The fourth-order valence-corrected chi connectivity index (χ4v) is 2.49. The van der Waals surface area contributed by atoms with Crippen molar-refractivity contribution in [3.8, 4) is 22.3 Å². The molecule has 0 spiro atoms. The first-order valence-electron chi connectivity index (χ1n) is 7.11. The van der Waals surface area contributed by atoms with E-state index in [0.29, 0.717) is 0 Å². The monoisotopic (exact) mass is 258 g/mol. The number of rotatable bonds is 3. The molecule has 3 aromatic rings. The van der Waals surface area contributed by atoms with Gasteiger partial charge in [-0.3, -0.25) is 0 Å². The molecule has 0 fully saturated rings.